The minimum Gasteiger partial charge on any atom is -0.317 e. The van der Waals surface area contributed by atoms with Crippen molar-refractivity contribution in [2.45, 2.75) is 19.1 Å². The van der Waals surface area contributed by atoms with E-state index in [0.29, 0.717) is 6.04 Å². The van der Waals surface area contributed by atoms with Crippen molar-refractivity contribution in [1.29, 1.82) is 0 Å². The van der Waals surface area contributed by atoms with Gasteiger partial charge in [-0.3, -0.25) is 0 Å². The molecule has 0 bridgehead atoms. The number of hydrogen-bond acceptors (Lipinski definition) is 2. The van der Waals surface area contributed by atoms with Gasteiger partial charge in [-0.05, 0) is 45.4 Å². The SMILES string of the molecule is CC1C(c2ccccc2)OP(=S)(N(C)C)N1C. The maximum Gasteiger partial charge on any atom is 0.203 e. The van der Waals surface area contributed by atoms with Gasteiger partial charge in [0.15, 0.2) is 0 Å². The maximum absolute atomic E-state index is 6.20. The van der Waals surface area contributed by atoms with Crippen molar-refractivity contribution < 1.29 is 4.52 Å². The van der Waals surface area contributed by atoms with E-state index in [9.17, 15) is 0 Å². The van der Waals surface area contributed by atoms with Gasteiger partial charge in [-0.25, -0.2) is 9.34 Å². The highest BCUT2D eigenvalue weighted by Crippen LogP contribution is 2.63. The maximum atomic E-state index is 6.20. The van der Waals surface area contributed by atoms with Crippen molar-refractivity contribution in [2.75, 3.05) is 21.1 Å². The lowest BCUT2D eigenvalue weighted by atomic mass is 10.0. The van der Waals surface area contributed by atoms with Gasteiger partial charge in [-0.2, -0.15) is 0 Å². The van der Waals surface area contributed by atoms with Crippen LogP contribution >= 0.6 is 6.57 Å². The fourth-order valence-electron chi connectivity index (χ4n) is 2.10. The zero-order valence-electron chi connectivity index (χ0n) is 10.7. The summed E-state index contributed by atoms with van der Waals surface area (Å²) in [5.41, 5.74) is 1.21. The number of benzene rings is 1. The van der Waals surface area contributed by atoms with Gasteiger partial charge in [0.2, 0.25) is 6.57 Å². The summed E-state index contributed by atoms with van der Waals surface area (Å²) < 4.78 is 10.5. The monoisotopic (exact) mass is 270 g/mol. The van der Waals surface area contributed by atoms with Crippen LogP contribution in [-0.4, -0.2) is 36.5 Å². The normalized spacial score (nSPS) is 34.4. The molecule has 1 heterocycles. The highest BCUT2D eigenvalue weighted by Gasteiger charge is 2.44. The van der Waals surface area contributed by atoms with E-state index >= 15 is 0 Å². The molecule has 5 heteroatoms. The van der Waals surface area contributed by atoms with Gasteiger partial charge in [-0.15, -0.1) is 0 Å². The Bertz CT molecular complexity index is 437. The van der Waals surface area contributed by atoms with Gasteiger partial charge in [0, 0.05) is 6.04 Å². The molecular formula is C12H19N2OPS. The minimum atomic E-state index is -2.01. The van der Waals surface area contributed by atoms with Gasteiger partial charge in [0.25, 0.3) is 0 Å². The molecule has 0 aliphatic carbocycles. The third kappa shape index (κ3) is 2.20. The molecule has 94 valence electrons. The van der Waals surface area contributed by atoms with E-state index in [4.69, 9.17) is 16.3 Å². The first-order valence-electron chi connectivity index (χ1n) is 5.71. The zero-order valence-corrected chi connectivity index (χ0v) is 12.4. The van der Waals surface area contributed by atoms with Crippen LogP contribution in [0.2, 0.25) is 0 Å². The van der Waals surface area contributed by atoms with Crippen molar-refractivity contribution in [3.63, 3.8) is 0 Å². The van der Waals surface area contributed by atoms with E-state index in [1.807, 2.05) is 37.0 Å². The number of hydrogen-bond donors (Lipinski definition) is 0. The first-order chi connectivity index (χ1) is 7.97. The molecule has 2 rings (SSSR count). The Morgan fingerprint density at radius 2 is 1.88 bits per heavy atom. The first-order valence-corrected chi connectivity index (χ1v) is 8.34. The lowest BCUT2D eigenvalue weighted by Gasteiger charge is -2.29. The Balaban J connectivity index is 2.32. The van der Waals surface area contributed by atoms with Gasteiger partial charge >= 0.3 is 0 Å². The second-order valence-corrected chi connectivity index (χ2v) is 8.64. The second kappa shape index (κ2) is 4.79. The van der Waals surface area contributed by atoms with E-state index in [0.717, 1.165) is 0 Å². The van der Waals surface area contributed by atoms with Gasteiger partial charge < -0.3 is 4.52 Å². The summed E-state index contributed by atoms with van der Waals surface area (Å²) in [5, 5.41) is 0. The third-order valence-corrected chi connectivity index (χ3v) is 8.00. The molecule has 1 aromatic carbocycles. The lowest BCUT2D eigenvalue weighted by molar-refractivity contribution is 0.212. The molecule has 1 aliphatic rings. The van der Waals surface area contributed by atoms with Crippen molar-refractivity contribution in [1.82, 2.24) is 9.34 Å². The number of nitrogens with zero attached hydrogens (tertiary/aromatic N) is 2. The Kier molecular flexibility index (Phi) is 3.71. The number of rotatable bonds is 2. The van der Waals surface area contributed by atoms with E-state index in [-0.39, 0.29) is 6.10 Å². The van der Waals surface area contributed by atoms with E-state index < -0.39 is 6.57 Å². The topological polar surface area (TPSA) is 15.7 Å². The molecule has 1 aliphatic heterocycles. The Morgan fingerprint density at radius 1 is 1.29 bits per heavy atom. The quantitative estimate of drug-likeness (QED) is 0.768. The molecule has 0 radical (unpaired) electrons. The predicted molar refractivity (Wildman–Crippen MR) is 75.5 cm³/mol. The molecule has 1 aromatic rings. The molecule has 0 N–H and O–H groups in total. The largest absolute Gasteiger partial charge is 0.317 e. The van der Waals surface area contributed by atoms with Crippen molar-refractivity contribution in [3.8, 4) is 0 Å². The smallest absolute Gasteiger partial charge is 0.203 e. The van der Waals surface area contributed by atoms with Gasteiger partial charge in [-0.1, -0.05) is 30.3 Å². The van der Waals surface area contributed by atoms with Crippen LogP contribution in [0.5, 0.6) is 0 Å². The third-order valence-electron chi connectivity index (χ3n) is 3.31. The predicted octanol–water partition coefficient (Wildman–Crippen LogP) is 2.86. The highest BCUT2D eigenvalue weighted by atomic mass is 32.5. The van der Waals surface area contributed by atoms with Gasteiger partial charge in [0.1, 0.15) is 6.10 Å². The Hall–Kier alpha value is -0.250. The molecule has 0 aromatic heterocycles. The molecule has 17 heavy (non-hydrogen) atoms. The van der Waals surface area contributed by atoms with Crippen LogP contribution < -0.4 is 0 Å². The van der Waals surface area contributed by atoms with Crippen molar-refractivity contribution in [2.24, 2.45) is 0 Å². The average molecular weight is 270 g/mol. The second-order valence-electron chi connectivity index (χ2n) is 4.59. The van der Waals surface area contributed by atoms with E-state index in [2.05, 4.69) is 30.8 Å². The van der Waals surface area contributed by atoms with Crippen LogP contribution in [0, 0.1) is 0 Å². The summed E-state index contributed by atoms with van der Waals surface area (Å²) in [6, 6.07) is 10.6. The van der Waals surface area contributed by atoms with Crippen LogP contribution in [0.3, 0.4) is 0 Å². The highest BCUT2D eigenvalue weighted by molar-refractivity contribution is 8.10. The molecule has 3 atom stereocenters. The Labute approximate surface area is 109 Å². The van der Waals surface area contributed by atoms with Crippen LogP contribution in [-0.2, 0) is 16.3 Å². The zero-order chi connectivity index (χ0) is 12.6. The summed E-state index contributed by atoms with van der Waals surface area (Å²) in [6.45, 7) is 0.165. The summed E-state index contributed by atoms with van der Waals surface area (Å²) >= 11 is 5.71. The minimum absolute atomic E-state index is 0.0782. The van der Waals surface area contributed by atoms with Crippen LogP contribution in [0.25, 0.3) is 0 Å². The van der Waals surface area contributed by atoms with Crippen LogP contribution in [0.15, 0.2) is 30.3 Å². The first kappa shape index (κ1) is 13.2. The fraction of sp³-hybridized carbons (Fsp3) is 0.500. The average Bonchev–Trinajstić information content (AvgIpc) is 2.56. The molecule has 3 unspecified atom stereocenters. The molecule has 1 saturated heterocycles. The van der Waals surface area contributed by atoms with E-state index in [1.165, 1.54) is 5.56 Å². The van der Waals surface area contributed by atoms with Crippen LogP contribution in [0.1, 0.15) is 18.6 Å². The summed E-state index contributed by atoms with van der Waals surface area (Å²) in [7, 11) is 6.06. The summed E-state index contributed by atoms with van der Waals surface area (Å²) in [4.78, 5) is 0. The molecule has 0 amide bonds. The number of likely N-dealkylation sites (N-methyl/N-ethyl adjacent to an activating group) is 1. The lowest BCUT2D eigenvalue weighted by Crippen LogP contribution is -2.26. The van der Waals surface area contributed by atoms with E-state index in [1.54, 1.807) is 0 Å². The van der Waals surface area contributed by atoms with Crippen LogP contribution in [0.4, 0.5) is 0 Å². The Morgan fingerprint density at radius 3 is 2.35 bits per heavy atom. The summed E-state index contributed by atoms with van der Waals surface area (Å²) in [6.07, 6.45) is 0.0782. The van der Waals surface area contributed by atoms with Gasteiger partial charge in [0.05, 0.1) is 0 Å². The summed E-state index contributed by atoms with van der Waals surface area (Å²) in [5.74, 6) is 0. The van der Waals surface area contributed by atoms with Crippen molar-refractivity contribution in [3.05, 3.63) is 35.9 Å². The molecule has 0 spiro atoms. The molecule has 3 nitrogen and oxygen atoms in total. The molecule has 1 fully saturated rings. The van der Waals surface area contributed by atoms with Crippen molar-refractivity contribution >= 4 is 18.4 Å². The molecular weight excluding hydrogens is 251 g/mol. The molecule has 0 saturated carbocycles. The standard InChI is InChI=1S/C12H19N2OPS/c1-10-12(11-8-6-5-7-9-11)15-16(17,13(2)3)14(10)4/h5-10,12H,1-4H3. The fourth-order valence-corrected chi connectivity index (χ4v) is 4.90.